The molecular formula is C20H23N3OS. The van der Waals surface area contributed by atoms with Gasteiger partial charge >= 0.3 is 0 Å². The number of benzene rings is 1. The van der Waals surface area contributed by atoms with Crippen molar-refractivity contribution in [3.8, 4) is 11.3 Å². The Morgan fingerprint density at radius 3 is 2.60 bits per heavy atom. The van der Waals surface area contributed by atoms with Crippen molar-refractivity contribution in [1.29, 1.82) is 0 Å². The van der Waals surface area contributed by atoms with Gasteiger partial charge in [0.25, 0.3) is 5.91 Å². The molecule has 1 aromatic carbocycles. The molecule has 3 aromatic rings. The van der Waals surface area contributed by atoms with Gasteiger partial charge in [0.05, 0.1) is 5.69 Å². The molecule has 0 atom stereocenters. The van der Waals surface area contributed by atoms with Crippen LogP contribution in [0.4, 0.5) is 0 Å². The lowest BCUT2D eigenvalue weighted by Crippen LogP contribution is -2.38. The van der Waals surface area contributed by atoms with Gasteiger partial charge in [0.15, 0.2) is 4.96 Å². The highest BCUT2D eigenvalue weighted by molar-refractivity contribution is 7.19. The van der Waals surface area contributed by atoms with Crippen LogP contribution < -0.4 is 0 Å². The number of carbonyl (C=O) groups is 1. The van der Waals surface area contributed by atoms with Crippen molar-refractivity contribution in [2.45, 2.75) is 45.1 Å². The zero-order valence-corrected chi connectivity index (χ0v) is 15.6. The third-order valence-electron chi connectivity index (χ3n) is 5.26. The van der Waals surface area contributed by atoms with Crippen LogP contribution in [0.1, 0.15) is 47.5 Å². The molecule has 130 valence electrons. The van der Waals surface area contributed by atoms with Crippen molar-refractivity contribution in [3.05, 3.63) is 47.1 Å². The fourth-order valence-electron chi connectivity index (χ4n) is 3.69. The summed E-state index contributed by atoms with van der Waals surface area (Å²) in [5.74, 6) is 0.140. The molecule has 0 saturated heterocycles. The maximum absolute atomic E-state index is 13.0. The van der Waals surface area contributed by atoms with Gasteiger partial charge < -0.3 is 4.90 Å². The van der Waals surface area contributed by atoms with Crippen molar-refractivity contribution in [2.24, 2.45) is 0 Å². The van der Waals surface area contributed by atoms with E-state index < -0.39 is 0 Å². The van der Waals surface area contributed by atoms with E-state index in [1.165, 1.54) is 30.6 Å². The quantitative estimate of drug-likeness (QED) is 0.680. The number of thiazole rings is 1. The molecule has 0 unspecified atom stereocenters. The van der Waals surface area contributed by atoms with Gasteiger partial charge in [-0.05, 0) is 19.8 Å². The second kappa shape index (κ2) is 6.64. The summed E-state index contributed by atoms with van der Waals surface area (Å²) in [4.78, 5) is 21.4. The molecule has 4 nitrogen and oxygen atoms in total. The number of aryl methyl sites for hydroxylation is 1. The van der Waals surface area contributed by atoms with Crippen LogP contribution in [0.3, 0.4) is 0 Å². The van der Waals surface area contributed by atoms with Gasteiger partial charge in [-0.15, -0.1) is 0 Å². The maximum atomic E-state index is 13.0. The van der Waals surface area contributed by atoms with Crippen LogP contribution in [0.2, 0.25) is 0 Å². The van der Waals surface area contributed by atoms with Crippen LogP contribution in [-0.4, -0.2) is 33.3 Å². The zero-order valence-electron chi connectivity index (χ0n) is 14.7. The fraction of sp³-hybridized carbons (Fsp3) is 0.400. The minimum Gasteiger partial charge on any atom is -0.338 e. The molecule has 1 amide bonds. The van der Waals surface area contributed by atoms with Crippen LogP contribution in [0.5, 0.6) is 0 Å². The Balaban J connectivity index is 1.63. The Morgan fingerprint density at radius 2 is 1.92 bits per heavy atom. The van der Waals surface area contributed by atoms with Gasteiger partial charge in [-0.25, -0.2) is 4.98 Å². The molecule has 1 saturated carbocycles. The van der Waals surface area contributed by atoms with Gasteiger partial charge in [-0.3, -0.25) is 9.20 Å². The second-order valence-electron chi connectivity index (χ2n) is 6.87. The highest BCUT2D eigenvalue weighted by Crippen LogP contribution is 2.29. The molecule has 1 aliphatic rings. The molecule has 2 heterocycles. The lowest BCUT2D eigenvalue weighted by Gasteiger charge is -2.31. The molecule has 0 spiro atoms. The first-order valence-corrected chi connectivity index (χ1v) is 9.78. The number of hydrogen-bond donors (Lipinski definition) is 0. The molecule has 1 fully saturated rings. The molecule has 25 heavy (non-hydrogen) atoms. The summed E-state index contributed by atoms with van der Waals surface area (Å²) in [5.41, 5.74) is 3.04. The first-order valence-electron chi connectivity index (χ1n) is 8.96. The highest BCUT2D eigenvalue weighted by atomic mass is 32.1. The molecule has 0 radical (unpaired) electrons. The van der Waals surface area contributed by atoms with Crippen molar-refractivity contribution in [3.63, 3.8) is 0 Å². The molecule has 0 aliphatic heterocycles. The summed E-state index contributed by atoms with van der Waals surface area (Å²) in [6.45, 7) is 2.02. The number of carbonyl (C=O) groups excluding carboxylic acids is 1. The summed E-state index contributed by atoms with van der Waals surface area (Å²) < 4.78 is 2.05. The third kappa shape index (κ3) is 2.97. The highest BCUT2D eigenvalue weighted by Gasteiger charge is 2.26. The van der Waals surface area contributed by atoms with Gasteiger partial charge in [-0.2, -0.15) is 0 Å². The average molecular weight is 353 g/mol. The van der Waals surface area contributed by atoms with E-state index in [2.05, 4.69) is 16.5 Å². The number of amides is 1. The van der Waals surface area contributed by atoms with Gasteiger partial charge in [-0.1, -0.05) is 60.9 Å². The van der Waals surface area contributed by atoms with E-state index in [9.17, 15) is 4.79 Å². The smallest absolute Gasteiger partial charge is 0.265 e. The molecule has 1 aliphatic carbocycles. The Kier molecular flexibility index (Phi) is 4.34. The number of nitrogens with zero attached hydrogens (tertiary/aromatic N) is 3. The van der Waals surface area contributed by atoms with E-state index in [0.29, 0.717) is 6.04 Å². The van der Waals surface area contributed by atoms with Gasteiger partial charge in [0.2, 0.25) is 0 Å². The first-order chi connectivity index (χ1) is 12.1. The normalized spacial score (nSPS) is 15.6. The van der Waals surface area contributed by atoms with Crippen LogP contribution in [0.25, 0.3) is 16.2 Å². The summed E-state index contributed by atoms with van der Waals surface area (Å²) in [5, 5.41) is 0. The molecule has 2 aromatic heterocycles. The Hall–Kier alpha value is -2.14. The van der Waals surface area contributed by atoms with Crippen LogP contribution in [0.15, 0.2) is 36.5 Å². The fourth-order valence-corrected chi connectivity index (χ4v) is 4.78. The lowest BCUT2D eigenvalue weighted by molar-refractivity contribution is 0.0700. The topological polar surface area (TPSA) is 37.6 Å². The van der Waals surface area contributed by atoms with E-state index in [1.807, 2.05) is 43.3 Å². The number of imidazole rings is 1. The Bertz CT molecular complexity index is 890. The standard InChI is InChI=1S/C20H23N3OS/c1-14-18(19(24)22(2)16-11-7-4-8-12-16)25-20-21-17(13-23(14)20)15-9-5-3-6-10-15/h3,5-6,9-10,13,16H,4,7-8,11-12H2,1-2H3. The Morgan fingerprint density at radius 1 is 1.20 bits per heavy atom. The number of fused-ring (bicyclic) bond motifs is 1. The SMILES string of the molecule is Cc1c(C(=O)N(C)C2CCCCC2)sc2nc(-c3ccccc3)cn12. The molecule has 5 heteroatoms. The van der Waals surface area contributed by atoms with Crippen molar-refractivity contribution in [2.75, 3.05) is 7.05 Å². The lowest BCUT2D eigenvalue weighted by atomic mass is 9.94. The van der Waals surface area contributed by atoms with E-state index in [4.69, 9.17) is 4.98 Å². The summed E-state index contributed by atoms with van der Waals surface area (Å²) in [6, 6.07) is 10.5. The number of aromatic nitrogens is 2. The minimum atomic E-state index is 0.140. The molecular weight excluding hydrogens is 330 g/mol. The first kappa shape index (κ1) is 16.3. The summed E-state index contributed by atoms with van der Waals surface area (Å²) in [6.07, 6.45) is 8.05. The predicted octanol–water partition coefficient (Wildman–Crippen LogP) is 4.78. The molecule has 4 rings (SSSR count). The average Bonchev–Trinajstić information content (AvgIpc) is 3.22. The number of rotatable bonds is 3. The predicted molar refractivity (Wildman–Crippen MR) is 102 cm³/mol. The van der Waals surface area contributed by atoms with E-state index >= 15 is 0 Å². The summed E-state index contributed by atoms with van der Waals surface area (Å²) in [7, 11) is 1.95. The Labute approximate surface area is 152 Å². The minimum absolute atomic E-state index is 0.140. The van der Waals surface area contributed by atoms with E-state index in [1.54, 1.807) is 0 Å². The molecule has 0 N–H and O–H groups in total. The van der Waals surface area contributed by atoms with Crippen molar-refractivity contribution >= 4 is 22.2 Å². The van der Waals surface area contributed by atoms with Gasteiger partial charge in [0.1, 0.15) is 4.88 Å². The van der Waals surface area contributed by atoms with Crippen molar-refractivity contribution in [1.82, 2.24) is 14.3 Å². The second-order valence-corrected chi connectivity index (χ2v) is 7.85. The van der Waals surface area contributed by atoms with E-state index in [-0.39, 0.29) is 5.91 Å². The summed E-state index contributed by atoms with van der Waals surface area (Å²) >= 11 is 1.50. The van der Waals surface area contributed by atoms with E-state index in [0.717, 1.165) is 39.6 Å². The number of hydrogen-bond acceptors (Lipinski definition) is 3. The maximum Gasteiger partial charge on any atom is 0.265 e. The van der Waals surface area contributed by atoms with Crippen LogP contribution in [-0.2, 0) is 0 Å². The van der Waals surface area contributed by atoms with Gasteiger partial charge in [0, 0.05) is 30.5 Å². The third-order valence-corrected chi connectivity index (χ3v) is 6.41. The van der Waals surface area contributed by atoms with Crippen molar-refractivity contribution < 1.29 is 4.79 Å². The monoisotopic (exact) mass is 353 g/mol. The molecule has 0 bridgehead atoms. The van der Waals surface area contributed by atoms with Crippen LogP contribution >= 0.6 is 11.3 Å². The van der Waals surface area contributed by atoms with Crippen LogP contribution in [0, 0.1) is 6.92 Å². The zero-order chi connectivity index (χ0) is 17.4. The largest absolute Gasteiger partial charge is 0.338 e.